The lowest BCUT2D eigenvalue weighted by Crippen LogP contribution is -2.25. The number of benzene rings is 2. The van der Waals surface area contributed by atoms with E-state index in [0.717, 1.165) is 0 Å². The fourth-order valence-corrected chi connectivity index (χ4v) is 3.92. The van der Waals surface area contributed by atoms with Gasteiger partial charge in [-0.25, -0.2) is 4.68 Å². The molecule has 0 atom stereocenters. The maximum absolute atomic E-state index is 13.2. The van der Waals surface area contributed by atoms with Crippen LogP contribution in [0.3, 0.4) is 0 Å². The molecule has 0 aliphatic carbocycles. The Hall–Kier alpha value is -2.88. The molecule has 2 heterocycles. The fourth-order valence-electron chi connectivity index (χ4n) is 3.18. The van der Waals surface area contributed by atoms with Gasteiger partial charge in [0.15, 0.2) is 22.1 Å². The molecule has 1 N–H and O–H groups in total. The zero-order chi connectivity index (χ0) is 21.4. The Labute approximate surface area is 185 Å². The SMILES string of the molecule is COc1ccc2cnn(Cc3n[nH]c(=S)n3-c3ccc(Cl)cc3Cl)c(=O)c2c1OC. The Morgan fingerprint density at radius 1 is 1.17 bits per heavy atom. The number of methoxy groups -OCH3 is 2. The number of H-pyrrole nitrogens is 1. The molecule has 30 heavy (non-hydrogen) atoms. The van der Waals surface area contributed by atoms with Gasteiger partial charge in [0.05, 0.1) is 36.5 Å². The van der Waals surface area contributed by atoms with Gasteiger partial charge in [-0.1, -0.05) is 23.2 Å². The molecule has 0 aliphatic rings. The van der Waals surface area contributed by atoms with E-state index < -0.39 is 0 Å². The number of nitrogens with one attached hydrogen (secondary N) is 1. The minimum absolute atomic E-state index is 0.0429. The molecule has 0 radical (unpaired) electrons. The van der Waals surface area contributed by atoms with Crippen molar-refractivity contribution in [3.8, 4) is 17.2 Å². The first-order valence-electron chi connectivity index (χ1n) is 8.67. The first kappa shape index (κ1) is 20.4. The molecular weight excluding hydrogens is 449 g/mol. The molecule has 0 bridgehead atoms. The lowest BCUT2D eigenvalue weighted by molar-refractivity contribution is 0.358. The highest BCUT2D eigenvalue weighted by Gasteiger charge is 2.17. The van der Waals surface area contributed by atoms with Gasteiger partial charge in [0.1, 0.15) is 6.54 Å². The molecule has 4 rings (SSSR count). The minimum Gasteiger partial charge on any atom is -0.493 e. The average Bonchev–Trinajstić information content (AvgIpc) is 3.09. The van der Waals surface area contributed by atoms with Gasteiger partial charge in [0, 0.05) is 10.4 Å². The van der Waals surface area contributed by atoms with Crippen LogP contribution in [0.5, 0.6) is 11.5 Å². The van der Waals surface area contributed by atoms with Crippen LogP contribution in [0.2, 0.25) is 10.0 Å². The first-order valence-corrected chi connectivity index (χ1v) is 9.83. The highest BCUT2D eigenvalue weighted by molar-refractivity contribution is 7.71. The molecule has 0 saturated heterocycles. The molecule has 11 heteroatoms. The van der Waals surface area contributed by atoms with Crippen LogP contribution in [0, 0.1) is 4.77 Å². The molecule has 2 aromatic carbocycles. The van der Waals surface area contributed by atoms with Crippen LogP contribution in [0.25, 0.3) is 16.5 Å². The maximum Gasteiger partial charge on any atom is 0.278 e. The number of aromatic amines is 1. The summed E-state index contributed by atoms with van der Waals surface area (Å²) in [6.07, 6.45) is 1.58. The number of fused-ring (bicyclic) bond motifs is 1. The topological polar surface area (TPSA) is 87.0 Å². The van der Waals surface area contributed by atoms with Crippen molar-refractivity contribution in [3.05, 3.63) is 67.5 Å². The second kappa shape index (κ2) is 8.10. The normalized spacial score (nSPS) is 11.1. The van der Waals surface area contributed by atoms with E-state index >= 15 is 0 Å². The highest BCUT2D eigenvalue weighted by atomic mass is 35.5. The monoisotopic (exact) mass is 463 g/mol. The van der Waals surface area contributed by atoms with Crippen molar-refractivity contribution in [2.75, 3.05) is 14.2 Å². The van der Waals surface area contributed by atoms with Crippen molar-refractivity contribution in [2.24, 2.45) is 0 Å². The number of ether oxygens (including phenoxy) is 2. The van der Waals surface area contributed by atoms with Crippen molar-refractivity contribution in [1.82, 2.24) is 24.5 Å². The summed E-state index contributed by atoms with van der Waals surface area (Å²) >= 11 is 17.7. The molecule has 154 valence electrons. The predicted octanol–water partition coefficient (Wildman–Crippen LogP) is 4.01. The molecule has 0 unspecified atom stereocenters. The van der Waals surface area contributed by atoms with Crippen molar-refractivity contribution in [1.29, 1.82) is 0 Å². The summed E-state index contributed by atoms with van der Waals surface area (Å²) in [5.41, 5.74) is 0.230. The molecule has 2 aromatic heterocycles. The Morgan fingerprint density at radius 2 is 1.97 bits per heavy atom. The number of nitrogens with zero attached hydrogens (tertiary/aromatic N) is 4. The highest BCUT2D eigenvalue weighted by Crippen LogP contribution is 2.33. The summed E-state index contributed by atoms with van der Waals surface area (Å²) in [5.74, 6) is 1.24. The Bertz CT molecular complexity index is 1380. The second-order valence-electron chi connectivity index (χ2n) is 6.25. The minimum atomic E-state index is -0.356. The van der Waals surface area contributed by atoms with E-state index in [9.17, 15) is 4.79 Å². The van der Waals surface area contributed by atoms with Crippen molar-refractivity contribution >= 4 is 46.2 Å². The number of hydrogen-bond donors (Lipinski definition) is 1. The zero-order valence-corrected chi connectivity index (χ0v) is 18.2. The largest absolute Gasteiger partial charge is 0.493 e. The number of aromatic nitrogens is 5. The fraction of sp³-hybridized carbons (Fsp3) is 0.158. The van der Waals surface area contributed by atoms with Gasteiger partial charge in [-0.2, -0.15) is 10.2 Å². The molecule has 0 fully saturated rings. The molecule has 0 amide bonds. The van der Waals surface area contributed by atoms with Crippen molar-refractivity contribution in [3.63, 3.8) is 0 Å². The van der Waals surface area contributed by atoms with E-state index in [0.29, 0.717) is 48.6 Å². The zero-order valence-electron chi connectivity index (χ0n) is 15.8. The molecule has 0 spiro atoms. The van der Waals surface area contributed by atoms with Gasteiger partial charge < -0.3 is 9.47 Å². The van der Waals surface area contributed by atoms with Gasteiger partial charge in [-0.05, 0) is 42.5 Å². The van der Waals surface area contributed by atoms with Crippen LogP contribution in [0.1, 0.15) is 5.82 Å². The van der Waals surface area contributed by atoms with Crippen molar-refractivity contribution < 1.29 is 9.47 Å². The van der Waals surface area contributed by atoms with E-state index in [-0.39, 0.29) is 12.1 Å². The lowest BCUT2D eigenvalue weighted by atomic mass is 10.1. The van der Waals surface area contributed by atoms with Gasteiger partial charge in [0.25, 0.3) is 5.56 Å². The third-order valence-electron chi connectivity index (χ3n) is 4.55. The second-order valence-corrected chi connectivity index (χ2v) is 7.48. The van der Waals surface area contributed by atoms with Crippen LogP contribution in [-0.2, 0) is 6.54 Å². The number of halogens is 2. The van der Waals surface area contributed by atoms with Gasteiger partial charge in [0.2, 0.25) is 0 Å². The van der Waals surface area contributed by atoms with Gasteiger partial charge in [-0.15, -0.1) is 0 Å². The third kappa shape index (κ3) is 3.45. The Balaban J connectivity index is 1.86. The number of rotatable bonds is 5. The predicted molar refractivity (Wildman–Crippen MR) is 117 cm³/mol. The van der Waals surface area contributed by atoms with E-state index in [1.165, 1.54) is 18.9 Å². The molecule has 4 aromatic rings. The summed E-state index contributed by atoms with van der Waals surface area (Å²) in [7, 11) is 2.99. The standard InChI is InChI=1S/C19H15Cl2N5O3S/c1-28-14-6-3-10-8-22-25(18(27)16(10)17(14)29-2)9-15-23-24-19(30)26(15)13-5-4-11(20)7-12(13)21/h3-8H,9H2,1-2H3,(H,24,30). The molecule has 0 saturated carbocycles. The van der Waals surface area contributed by atoms with Crippen LogP contribution in [0.4, 0.5) is 0 Å². The quantitative estimate of drug-likeness (QED) is 0.449. The van der Waals surface area contributed by atoms with E-state index in [4.69, 9.17) is 44.9 Å². The van der Waals surface area contributed by atoms with E-state index in [1.54, 1.807) is 41.1 Å². The first-order chi connectivity index (χ1) is 14.4. The summed E-state index contributed by atoms with van der Waals surface area (Å²) in [5, 5.41) is 13.1. The molecule has 0 aliphatic heterocycles. The average molecular weight is 464 g/mol. The summed E-state index contributed by atoms with van der Waals surface area (Å²) in [4.78, 5) is 13.2. The summed E-state index contributed by atoms with van der Waals surface area (Å²) in [6.45, 7) is 0.0429. The summed E-state index contributed by atoms with van der Waals surface area (Å²) in [6, 6.07) is 8.50. The van der Waals surface area contributed by atoms with E-state index in [2.05, 4.69) is 15.3 Å². The molecular formula is C19H15Cl2N5O3S. The van der Waals surface area contributed by atoms with E-state index in [1.807, 2.05) is 0 Å². The maximum atomic E-state index is 13.2. The molecule has 8 nitrogen and oxygen atoms in total. The van der Waals surface area contributed by atoms with Crippen LogP contribution in [-0.4, -0.2) is 38.8 Å². The Morgan fingerprint density at radius 3 is 2.67 bits per heavy atom. The van der Waals surface area contributed by atoms with Crippen LogP contribution >= 0.6 is 35.4 Å². The lowest BCUT2D eigenvalue weighted by Gasteiger charge is -2.12. The third-order valence-corrected chi connectivity index (χ3v) is 5.36. The van der Waals surface area contributed by atoms with Crippen molar-refractivity contribution in [2.45, 2.75) is 6.54 Å². The smallest absolute Gasteiger partial charge is 0.278 e. The Kier molecular flexibility index (Phi) is 5.50. The van der Waals surface area contributed by atoms with Crippen LogP contribution < -0.4 is 15.0 Å². The van der Waals surface area contributed by atoms with Gasteiger partial charge in [-0.3, -0.25) is 14.5 Å². The summed E-state index contributed by atoms with van der Waals surface area (Å²) < 4.78 is 14.0. The number of hydrogen-bond acceptors (Lipinski definition) is 6. The van der Waals surface area contributed by atoms with Crippen LogP contribution in [0.15, 0.2) is 41.3 Å². The van der Waals surface area contributed by atoms with Gasteiger partial charge >= 0.3 is 0 Å².